The molecule has 1 aromatic carbocycles. The number of aryl methyl sites for hydroxylation is 1. The number of aromatic nitrogens is 6. The zero-order valence-corrected chi connectivity index (χ0v) is 19.9. The van der Waals surface area contributed by atoms with Crippen molar-refractivity contribution in [1.29, 1.82) is 0 Å². The van der Waals surface area contributed by atoms with Crippen molar-refractivity contribution in [2.75, 3.05) is 38.8 Å². The summed E-state index contributed by atoms with van der Waals surface area (Å²) in [6.07, 6.45) is 1.94. The monoisotopic (exact) mass is 518 g/mol. The molecule has 0 unspecified atom stereocenters. The summed E-state index contributed by atoms with van der Waals surface area (Å²) in [7, 11) is 1.43. The van der Waals surface area contributed by atoms with Crippen LogP contribution in [0.15, 0.2) is 30.5 Å². The zero-order chi connectivity index (χ0) is 26.2. The number of nitrogens with one attached hydrogen (secondary N) is 1. The fraction of sp³-hybridized carbons (Fsp3) is 0.435. The number of hydrogen-bond donors (Lipinski definition) is 2. The van der Waals surface area contributed by atoms with E-state index in [-0.39, 0.29) is 24.8 Å². The van der Waals surface area contributed by atoms with Gasteiger partial charge in [-0.3, -0.25) is 9.18 Å². The lowest BCUT2D eigenvalue weighted by molar-refractivity contribution is -0.145. The number of carbonyl (C=O) groups excluding carboxylic acids is 1. The molecule has 14 heteroatoms. The highest BCUT2D eigenvalue weighted by molar-refractivity contribution is 5.89. The predicted molar refractivity (Wildman–Crippen MR) is 127 cm³/mol. The van der Waals surface area contributed by atoms with Gasteiger partial charge in [0.2, 0.25) is 17.7 Å². The maximum absolute atomic E-state index is 14.8. The molecule has 1 amide bonds. The number of anilines is 1. The fourth-order valence-electron chi connectivity index (χ4n) is 4.52. The zero-order valence-electron chi connectivity index (χ0n) is 19.9. The highest BCUT2D eigenvalue weighted by Crippen LogP contribution is 2.34. The van der Waals surface area contributed by atoms with Crippen LogP contribution in [0.25, 0.3) is 27.7 Å². The van der Waals surface area contributed by atoms with Crippen LogP contribution in [0.1, 0.15) is 12.8 Å². The molecule has 1 saturated heterocycles. The minimum absolute atomic E-state index is 0.0521. The van der Waals surface area contributed by atoms with E-state index >= 15 is 0 Å². The molecule has 5 rings (SSSR count). The minimum Gasteiger partial charge on any atom is -0.479 e. The third kappa shape index (κ3) is 4.63. The second-order valence-corrected chi connectivity index (χ2v) is 8.75. The normalized spacial score (nSPS) is 17.4. The first kappa shape index (κ1) is 24.7. The molecule has 4 aromatic rings. The maximum Gasteiger partial charge on any atom is 0.285 e. The number of carbonyl (C=O) groups is 1. The van der Waals surface area contributed by atoms with Gasteiger partial charge in [0.05, 0.1) is 31.9 Å². The van der Waals surface area contributed by atoms with Gasteiger partial charge < -0.3 is 20.1 Å². The third-order valence-electron chi connectivity index (χ3n) is 6.39. The van der Waals surface area contributed by atoms with Crippen molar-refractivity contribution in [3.8, 4) is 17.0 Å². The molecule has 4 heterocycles. The van der Waals surface area contributed by atoms with E-state index in [4.69, 9.17) is 9.84 Å². The SMILES string of the molecule is COc1nc(N[C@@H]2CCN(C(=O)CO)CC2(F)F)nn2ccc(-c3ccc4nnn(CCCF)c4c3)c12. The van der Waals surface area contributed by atoms with E-state index in [2.05, 4.69) is 25.7 Å². The van der Waals surface area contributed by atoms with Crippen LogP contribution in [-0.2, 0) is 11.3 Å². The highest BCUT2D eigenvalue weighted by atomic mass is 19.3. The van der Waals surface area contributed by atoms with E-state index in [0.29, 0.717) is 24.0 Å². The Balaban J connectivity index is 1.45. The van der Waals surface area contributed by atoms with E-state index in [0.717, 1.165) is 21.5 Å². The van der Waals surface area contributed by atoms with E-state index in [1.807, 2.05) is 18.2 Å². The van der Waals surface area contributed by atoms with Gasteiger partial charge in [-0.05, 0) is 36.6 Å². The van der Waals surface area contributed by atoms with Gasteiger partial charge in [0.25, 0.3) is 5.92 Å². The van der Waals surface area contributed by atoms with Crippen LogP contribution in [0.2, 0.25) is 0 Å². The number of nitrogens with zero attached hydrogens (tertiary/aromatic N) is 7. The molecule has 1 atom stereocenters. The standard InChI is InChI=1S/C23H25F3N8O3/c1-37-21-20-15(14-3-4-16-17(11-14)33(31-29-16)8-2-7-24)5-10-34(20)30-22(28-21)27-18-6-9-32(19(36)12-35)13-23(18,25)26/h3-5,10-11,18,35H,2,6-9,12-13H2,1H3,(H,27,30)/t18-/m1/s1. The summed E-state index contributed by atoms with van der Waals surface area (Å²) in [6, 6.07) is 6.05. The number of fused-ring (bicyclic) bond motifs is 2. The number of amides is 1. The Kier molecular flexibility index (Phi) is 6.58. The summed E-state index contributed by atoms with van der Waals surface area (Å²) >= 11 is 0. The van der Waals surface area contributed by atoms with Gasteiger partial charge >= 0.3 is 0 Å². The van der Waals surface area contributed by atoms with Crippen molar-refractivity contribution in [3.05, 3.63) is 30.5 Å². The molecule has 0 aliphatic carbocycles. The molecule has 3 aromatic heterocycles. The molecule has 1 aliphatic rings. The minimum atomic E-state index is -3.26. The van der Waals surface area contributed by atoms with Crippen molar-refractivity contribution in [1.82, 2.24) is 34.5 Å². The van der Waals surface area contributed by atoms with Crippen LogP contribution in [-0.4, -0.2) is 91.0 Å². The number of benzene rings is 1. The highest BCUT2D eigenvalue weighted by Gasteiger charge is 2.46. The molecular formula is C23H25F3N8O3. The molecule has 0 saturated carbocycles. The molecule has 11 nitrogen and oxygen atoms in total. The van der Waals surface area contributed by atoms with Crippen LogP contribution >= 0.6 is 0 Å². The Morgan fingerprint density at radius 1 is 1.32 bits per heavy atom. The fourth-order valence-corrected chi connectivity index (χ4v) is 4.52. The molecule has 0 bridgehead atoms. The average molecular weight is 519 g/mol. The number of rotatable bonds is 8. The van der Waals surface area contributed by atoms with Crippen LogP contribution in [0.4, 0.5) is 19.1 Å². The van der Waals surface area contributed by atoms with Crippen molar-refractivity contribution in [2.24, 2.45) is 0 Å². The number of alkyl halides is 3. The van der Waals surface area contributed by atoms with Gasteiger partial charge in [0.15, 0.2) is 0 Å². The van der Waals surface area contributed by atoms with Gasteiger partial charge in [0.1, 0.15) is 17.6 Å². The van der Waals surface area contributed by atoms with Crippen molar-refractivity contribution >= 4 is 28.4 Å². The third-order valence-corrected chi connectivity index (χ3v) is 6.39. The summed E-state index contributed by atoms with van der Waals surface area (Å²) in [5.41, 5.74) is 3.49. The Morgan fingerprint density at radius 3 is 2.89 bits per heavy atom. The first-order chi connectivity index (χ1) is 17.8. The number of piperidine rings is 1. The Hall–Kier alpha value is -3.94. The van der Waals surface area contributed by atoms with Crippen molar-refractivity contribution in [3.63, 3.8) is 0 Å². The van der Waals surface area contributed by atoms with E-state index < -0.39 is 37.7 Å². The van der Waals surface area contributed by atoms with Gasteiger partial charge in [-0.2, -0.15) is 4.98 Å². The van der Waals surface area contributed by atoms with E-state index in [1.165, 1.54) is 11.6 Å². The van der Waals surface area contributed by atoms with Gasteiger partial charge in [0, 0.05) is 24.8 Å². The first-order valence-electron chi connectivity index (χ1n) is 11.7. The molecule has 1 fully saturated rings. The number of ether oxygens (including phenoxy) is 1. The smallest absolute Gasteiger partial charge is 0.285 e. The van der Waals surface area contributed by atoms with Crippen LogP contribution in [0.3, 0.4) is 0 Å². The molecule has 196 valence electrons. The summed E-state index contributed by atoms with van der Waals surface area (Å²) in [4.78, 5) is 16.9. The second-order valence-electron chi connectivity index (χ2n) is 8.75. The lowest BCUT2D eigenvalue weighted by Gasteiger charge is -2.38. The predicted octanol–water partition coefficient (Wildman–Crippen LogP) is 2.15. The maximum atomic E-state index is 14.8. The lowest BCUT2D eigenvalue weighted by atomic mass is 10.0. The second kappa shape index (κ2) is 9.84. The number of halogens is 3. The summed E-state index contributed by atoms with van der Waals surface area (Å²) in [6.45, 7) is -1.62. The van der Waals surface area contributed by atoms with Crippen LogP contribution < -0.4 is 10.1 Å². The number of aliphatic hydroxyl groups is 1. The van der Waals surface area contributed by atoms with Gasteiger partial charge in [-0.1, -0.05) is 11.3 Å². The van der Waals surface area contributed by atoms with Crippen molar-refractivity contribution in [2.45, 2.75) is 31.4 Å². The lowest BCUT2D eigenvalue weighted by Crippen LogP contribution is -2.56. The quantitative estimate of drug-likeness (QED) is 0.364. The number of hydrogen-bond acceptors (Lipinski definition) is 8. The molecule has 37 heavy (non-hydrogen) atoms. The van der Waals surface area contributed by atoms with E-state index in [9.17, 15) is 18.0 Å². The summed E-state index contributed by atoms with van der Waals surface area (Å²) in [5, 5.41) is 24.2. The van der Waals surface area contributed by atoms with Gasteiger partial charge in [-0.25, -0.2) is 18.0 Å². The van der Waals surface area contributed by atoms with Crippen LogP contribution in [0.5, 0.6) is 5.88 Å². The van der Waals surface area contributed by atoms with Gasteiger partial charge in [-0.15, -0.1) is 10.2 Å². The molecule has 1 aliphatic heterocycles. The number of aliphatic hydroxyl groups excluding tert-OH is 1. The molecule has 0 radical (unpaired) electrons. The molecule has 2 N–H and O–H groups in total. The number of methoxy groups -OCH3 is 1. The Morgan fingerprint density at radius 2 is 2.16 bits per heavy atom. The molecular weight excluding hydrogens is 493 g/mol. The van der Waals surface area contributed by atoms with E-state index in [1.54, 1.807) is 16.9 Å². The Labute approximate surface area is 208 Å². The summed E-state index contributed by atoms with van der Waals surface area (Å²) in [5.74, 6) is -3.87. The Bertz CT molecular complexity index is 1440. The van der Waals surface area contributed by atoms with Crippen LogP contribution in [0, 0.1) is 0 Å². The largest absolute Gasteiger partial charge is 0.479 e. The first-order valence-corrected chi connectivity index (χ1v) is 11.7. The number of likely N-dealkylation sites (tertiary alicyclic amines) is 1. The topological polar surface area (TPSA) is 123 Å². The summed E-state index contributed by atoms with van der Waals surface area (Å²) < 4.78 is 50.8. The average Bonchev–Trinajstić information content (AvgIpc) is 3.51. The molecule has 0 spiro atoms. The van der Waals surface area contributed by atoms with Crippen molar-refractivity contribution < 1.29 is 27.8 Å².